The van der Waals surface area contributed by atoms with Crippen molar-refractivity contribution in [3.05, 3.63) is 90.5 Å². The Morgan fingerprint density at radius 1 is 0.756 bits per heavy atom. The smallest absolute Gasteiger partial charge is 0.253 e. The first-order valence-electron chi connectivity index (χ1n) is 14.8. The lowest BCUT2D eigenvalue weighted by atomic mass is 9.85. The Morgan fingerprint density at radius 3 is 1.98 bits per heavy atom. The Morgan fingerprint density at radius 2 is 1.34 bits per heavy atom. The molecule has 41 heavy (non-hydrogen) atoms. The largest absolute Gasteiger partial charge is 0.341 e. The second-order valence-corrected chi connectivity index (χ2v) is 11.7. The summed E-state index contributed by atoms with van der Waals surface area (Å²) in [5.74, 6) is 0.655. The molecule has 0 atom stereocenters. The van der Waals surface area contributed by atoms with E-state index in [0.29, 0.717) is 44.1 Å². The Labute approximate surface area is 242 Å². The van der Waals surface area contributed by atoms with Crippen molar-refractivity contribution in [1.82, 2.24) is 14.7 Å². The van der Waals surface area contributed by atoms with Crippen LogP contribution in [0.15, 0.2) is 84.9 Å². The van der Waals surface area contributed by atoms with Crippen molar-refractivity contribution in [3.63, 3.8) is 0 Å². The van der Waals surface area contributed by atoms with E-state index >= 15 is 0 Å². The molecule has 3 heterocycles. The van der Waals surface area contributed by atoms with Gasteiger partial charge in [0, 0.05) is 37.4 Å². The SMILES string of the molecule is CC1CCN(C(=O)CN2CN(c3ccccc3)C3(CCN(C(=O)c4ccc(-c5ccccc5)cc4)CC3)C2=O)CC1. The number of benzene rings is 3. The lowest BCUT2D eigenvalue weighted by molar-refractivity contribution is -0.141. The first-order valence-corrected chi connectivity index (χ1v) is 14.8. The van der Waals surface area contributed by atoms with Gasteiger partial charge < -0.3 is 19.6 Å². The van der Waals surface area contributed by atoms with Gasteiger partial charge >= 0.3 is 0 Å². The van der Waals surface area contributed by atoms with Gasteiger partial charge in [0.1, 0.15) is 12.1 Å². The van der Waals surface area contributed by atoms with Crippen molar-refractivity contribution in [3.8, 4) is 11.1 Å². The van der Waals surface area contributed by atoms with Crippen LogP contribution < -0.4 is 4.90 Å². The van der Waals surface area contributed by atoms with Gasteiger partial charge in [-0.1, -0.05) is 67.6 Å². The second kappa shape index (κ2) is 11.4. The first-order chi connectivity index (χ1) is 19.9. The number of carbonyl (C=O) groups is 3. The Bertz CT molecular complexity index is 1380. The van der Waals surface area contributed by atoms with E-state index in [2.05, 4.69) is 24.0 Å². The predicted molar refractivity (Wildman–Crippen MR) is 160 cm³/mol. The van der Waals surface area contributed by atoms with Gasteiger partial charge in [-0.25, -0.2) is 0 Å². The topological polar surface area (TPSA) is 64.2 Å². The molecule has 7 nitrogen and oxygen atoms in total. The molecule has 0 aromatic heterocycles. The molecule has 3 amide bonds. The molecule has 3 aliphatic heterocycles. The van der Waals surface area contributed by atoms with E-state index in [1.807, 2.05) is 82.6 Å². The van der Waals surface area contributed by atoms with Gasteiger partial charge in [-0.15, -0.1) is 0 Å². The van der Waals surface area contributed by atoms with E-state index in [4.69, 9.17) is 0 Å². The van der Waals surface area contributed by atoms with Crippen LogP contribution in [0.2, 0.25) is 0 Å². The number of likely N-dealkylation sites (tertiary alicyclic amines) is 2. The van der Waals surface area contributed by atoms with E-state index < -0.39 is 5.54 Å². The molecular weight excluding hydrogens is 512 g/mol. The fourth-order valence-corrected chi connectivity index (χ4v) is 6.54. The normalized spacial score (nSPS) is 19.2. The van der Waals surface area contributed by atoms with Crippen LogP contribution >= 0.6 is 0 Å². The minimum absolute atomic E-state index is 0.000562. The highest BCUT2D eigenvalue weighted by atomic mass is 16.2. The molecule has 3 aliphatic rings. The summed E-state index contributed by atoms with van der Waals surface area (Å²) in [6.45, 7) is 5.21. The van der Waals surface area contributed by atoms with E-state index in [0.717, 1.165) is 42.7 Å². The molecule has 3 fully saturated rings. The number of anilines is 1. The third-order valence-electron chi connectivity index (χ3n) is 9.16. The van der Waals surface area contributed by atoms with Gasteiger partial charge in [0.2, 0.25) is 5.91 Å². The van der Waals surface area contributed by atoms with Crippen LogP contribution in [0.4, 0.5) is 5.69 Å². The Kier molecular flexibility index (Phi) is 7.52. The Balaban J connectivity index is 1.16. The molecule has 6 rings (SSSR count). The summed E-state index contributed by atoms with van der Waals surface area (Å²) in [6.07, 6.45) is 3.08. The third kappa shape index (κ3) is 5.33. The molecule has 0 aliphatic carbocycles. The minimum Gasteiger partial charge on any atom is -0.341 e. The maximum Gasteiger partial charge on any atom is 0.253 e. The number of carbonyl (C=O) groups excluding carboxylic acids is 3. The summed E-state index contributed by atoms with van der Waals surface area (Å²) >= 11 is 0. The van der Waals surface area contributed by atoms with Gasteiger partial charge in [0.15, 0.2) is 0 Å². The summed E-state index contributed by atoms with van der Waals surface area (Å²) in [5.41, 5.74) is 3.06. The highest BCUT2D eigenvalue weighted by Crippen LogP contribution is 2.40. The Hall–Kier alpha value is -4.13. The number of rotatable bonds is 5. The van der Waals surface area contributed by atoms with Crippen LogP contribution in [0.1, 0.15) is 43.0 Å². The monoisotopic (exact) mass is 550 g/mol. The number of nitrogens with zero attached hydrogens (tertiary/aromatic N) is 4. The molecule has 3 saturated heterocycles. The third-order valence-corrected chi connectivity index (χ3v) is 9.16. The van der Waals surface area contributed by atoms with E-state index in [1.165, 1.54) is 0 Å². The quantitative estimate of drug-likeness (QED) is 0.454. The van der Waals surface area contributed by atoms with Gasteiger partial charge in [0.25, 0.3) is 11.8 Å². The summed E-state index contributed by atoms with van der Waals surface area (Å²) in [4.78, 5) is 48.4. The van der Waals surface area contributed by atoms with E-state index in [1.54, 1.807) is 4.90 Å². The van der Waals surface area contributed by atoms with Gasteiger partial charge in [0.05, 0.1) is 6.67 Å². The highest BCUT2D eigenvalue weighted by Gasteiger charge is 2.54. The average molecular weight is 551 g/mol. The van der Waals surface area contributed by atoms with Crippen molar-refractivity contribution in [2.45, 2.75) is 38.1 Å². The van der Waals surface area contributed by atoms with Gasteiger partial charge in [-0.2, -0.15) is 0 Å². The van der Waals surface area contributed by atoms with Crippen molar-refractivity contribution in [2.24, 2.45) is 5.92 Å². The number of hydrogen-bond acceptors (Lipinski definition) is 4. The first kappa shape index (κ1) is 27.1. The minimum atomic E-state index is -0.758. The molecule has 7 heteroatoms. The van der Waals surface area contributed by atoms with Crippen LogP contribution in [0.3, 0.4) is 0 Å². The van der Waals surface area contributed by atoms with Crippen LogP contribution in [0.5, 0.6) is 0 Å². The number of para-hydroxylation sites is 1. The number of piperidine rings is 2. The molecule has 0 bridgehead atoms. The zero-order valence-electron chi connectivity index (χ0n) is 23.7. The van der Waals surface area contributed by atoms with E-state index in [-0.39, 0.29) is 24.3 Å². The fraction of sp³-hybridized carbons (Fsp3) is 0.382. The fourth-order valence-electron chi connectivity index (χ4n) is 6.54. The summed E-state index contributed by atoms with van der Waals surface area (Å²) in [7, 11) is 0. The summed E-state index contributed by atoms with van der Waals surface area (Å²) in [6, 6.07) is 27.9. The zero-order valence-corrected chi connectivity index (χ0v) is 23.7. The second-order valence-electron chi connectivity index (χ2n) is 11.7. The maximum absolute atomic E-state index is 14.1. The lowest BCUT2D eigenvalue weighted by Crippen LogP contribution is -2.57. The maximum atomic E-state index is 14.1. The van der Waals surface area contributed by atoms with Crippen LogP contribution in [0, 0.1) is 5.92 Å². The summed E-state index contributed by atoms with van der Waals surface area (Å²) < 4.78 is 0. The summed E-state index contributed by atoms with van der Waals surface area (Å²) in [5, 5.41) is 0. The molecule has 0 radical (unpaired) electrons. The lowest BCUT2D eigenvalue weighted by Gasteiger charge is -2.43. The molecule has 0 N–H and O–H groups in total. The molecular formula is C34H38N4O3. The molecule has 0 saturated carbocycles. The molecule has 1 spiro atoms. The molecule has 212 valence electrons. The zero-order chi connectivity index (χ0) is 28.4. The predicted octanol–water partition coefficient (Wildman–Crippen LogP) is 4.89. The molecule has 3 aromatic carbocycles. The van der Waals surface area contributed by atoms with Gasteiger partial charge in [-0.05, 0) is 67.0 Å². The van der Waals surface area contributed by atoms with Crippen LogP contribution in [-0.4, -0.2) is 77.4 Å². The van der Waals surface area contributed by atoms with Crippen molar-refractivity contribution in [2.75, 3.05) is 44.3 Å². The number of amides is 3. The van der Waals surface area contributed by atoms with Crippen molar-refractivity contribution >= 4 is 23.4 Å². The average Bonchev–Trinajstić information content (AvgIpc) is 3.28. The highest BCUT2D eigenvalue weighted by molar-refractivity contribution is 5.98. The van der Waals surface area contributed by atoms with Crippen molar-refractivity contribution in [1.29, 1.82) is 0 Å². The molecule has 0 unspecified atom stereocenters. The van der Waals surface area contributed by atoms with Gasteiger partial charge in [-0.3, -0.25) is 14.4 Å². The molecule has 3 aromatic rings. The number of hydrogen-bond donors (Lipinski definition) is 0. The standard InChI is InChI=1S/C34H38N4O3/c1-26-16-20-35(21-17-26)31(39)24-37-25-38(30-10-6-3-7-11-30)34(33(37)41)18-22-36(23-19-34)32(40)29-14-12-28(13-15-29)27-8-4-2-5-9-27/h2-15,26H,16-25H2,1H3. The van der Waals surface area contributed by atoms with Crippen LogP contribution in [0.25, 0.3) is 11.1 Å². The van der Waals surface area contributed by atoms with E-state index in [9.17, 15) is 14.4 Å². The van der Waals surface area contributed by atoms with Crippen LogP contribution in [-0.2, 0) is 9.59 Å². The van der Waals surface area contributed by atoms with Crippen molar-refractivity contribution < 1.29 is 14.4 Å².